The zero-order chi connectivity index (χ0) is 40.4. The second kappa shape index (κ2) is 23.3. The van der Waals surface area contributed by atoms with Gasteiger partial charge in [0, 0.05) is 18.1 Å². The second-order valence-electron chi connectivity index (χ2n) is 12.5. The first-order chi connectivity index (χ1) is 24.8. The van der Waals surface area contributed by atoms with Gasteiger partial charge in [0.25, 0.3) is 0 Å². The predicted molar refractivity (Wildman–Crippen MR) is 194 cm³/mol. The number of hydrogen-bond donors (Lipinski definition) is 13. The third-order valence-electron chi connectivity index (χ3n) is 7.37. The molecule has 0 spiro atoms. The number of carbonyl (C=O) groups excluding carboxylic acids is 7. The molecule has 1 heterocycles. The summed E-state index contributed by atoms with van der Waals surface area (Å²) in [6.07, 6.45) is -2.53. The number of aliphatic carboxylic acids is 1. The Kier molecular flexibility index (Phi) is 20.5. The van der Waals surface area contributed by atoms with E-state index in [1.165, 1.54) is 0 Å². The van der Waals surface area contributed by atoms with Crippen molar-refractivity contribution in [2.45, 2.75) is 94.9 Å². The van der Waals surface area contributed by atoms with Crippen LogP contribution in [0.3, 0.4) is 0 Å². The molecule has 1 rings (SSSR count). The average molecular weight is 794 g/mol. The Morgan fingerprint density at radius 1 is 0.774 bits per heavy atom. The summed E-state index contributed by atoms with van der Waals surface area (Å²) in [6, 6.07) is -10.5. The van der Waals surface area contributed by atoms with E-state index < -0.39 is 109 Å². The number of rotatable bonds is 11. The summed E-state index contributed by atoms with van der Waals surface area (Å²) in [5.41, 5.74) is 22.2. The molecule has 0 unspecified atom stereocenters. The van der Waals surface area contributed by atoms with E-state index in [1.807, 2.05) is 0 Å². The van der Waals surface area contributed by atoms with Gasteiger partial charge in [-0.2, -0.15) is 0 Å². The van der Waals surface area contributed by atoms with Crippen LogP contribution in [0.15, 0.2) is 4.99 Å². The fraction of sp³-hybridized carbons (Fsp3) is 0.690. The molecule has 1 aliphatic rings. The minimum absolute atomic E-state index is 0.0383. The molecule has 24 heteroatoms. The van der Waals surface area contributed by atoms with Gasteiger partial charge in [-0.05, 0) is 32.1 Å². The van der Waals surface area contributed by atoms with Gasteiger partial charge < -0.3 is 70.2 Å². The maximum Gasteiger partial charge on any atom is 0.305 e. The second-order valence-corrected chi connectivity index (χ2v) is 15.0. The van der Waals surface area contributed by atoms with Crippen LogP contribution in [0.1, 0.15) is 46.5 Å². The molecule has 0 saturated carbocycles. The fourth-order valence-corrected chi connectivity index (χ4v) is 6.88. The number of guanidine groups is 1. The van der Waals surface area contributed by atoms with E-state index in [1.54, 1.807) is 13.8 Å². The zero-order valence-corrected chi connectivity index (χ0v) is 31.2. The third kappa shape index (κ3) is 17.3. The number of aliphatic hydroxyl groups is 2. The third-order valence-corrected chi connectivity index (χ3v) is 9.82. The summed E-state index contributed by atoms with van der Waals surface area (Å²) in [6.45, 7) is 3.63. The van der Waals surface area contributed by atoms with Crippen molar-refractivity contribution in [3.63, 3.8) is 0 Å². The van der Waals surface area contributed by atoms with Gasteiger partial charge in [-0.1, -0.05) is 35.4 Å². The van der Waals surface area contributed by atoms with Gasteiger partial charge in [0.15, 0.2) is 5.96 Å². The number of amides is 7. The van der Waals surface area contributed by atoms with Crippen molar-refractivity contribution in [1.29, 1.82) is 0 Å². The van der Waals surface area contributed by atoms with Gasteiger partial charge in [-0.25, -0.2) is 0 Å². The summed E-state index contributed by atoms with van der Waals surface area (Å²) in [5, 5.41) is 43.7. The zero-order valence-electron chi connectivity index (χ0n) is 29.5. The van der Waals surface area contributed by atoms with E-state index in [0.717, 1.165) is 28.5 Å². The van der Waals surface area contributed by atoms with Gasteiger partial charge in [-0.15, -0.1) is 0 Å². The molecule has 22 nitrogen and oxygen atoms in total. The van der Waals surface area contributed by atoms with Crippen LogP contribution in [0.25, 0.3) is 0 Å². The van der Waals surface area contributed by atoms with Crippen molar-refractivity contribution in [2.24, 2.45) is 33.8 Å². The van der Waals surface area contributed by atoms with Gasteiger partial charge >= 0.3 is 5.97 Å². The quantitative estimate of drug-likeness (QED) is 0.0401. The Hall–Kier alpha value is -4.39. The van der Waals surface area contributed by atoms with Gasteiger partial charge in [0.1, 0.15) is 36.3 Å². The Balaban J connectivity index is 3.58. The predicted octanol–water partition coefficient (Wildman–Crippen LogP) is -5.95. The molecule has 53 heavy (non-hydrogen) atoms. The van der Waals surface area contributed by atoms with Crippen molar-refractivity contribution >= 4 is 74.9 Å². The minimum Gasteiger partial charge on any atom is -0.481 e. The van der Waals surface area contributed by atoms with Crippen molar-refractivity contribution in [3.05, 3.63) is 0 Å². The maximum absolute atomic E-state index is 13.4. The van der Waals surface area contributed by atoms with E-state index in [0.29, 0.717) is 0 Å². The monoisotopic (exact) mass is 793 g/mol. The summed E-state index contributed by atoms with van der Waals surface area (Å²) < 4.78 is 0. The van der Waals surface area contributed by atoms with Crippen molar-refractivity contribution in [2.75, 3.05) is 24.7 Å². The number of nitrogens with zero attached hydrogens (tertiary/aromatic N) is 1. The van der Waals surface area contributed by atoms with Crippen LogP contribution < -0.4 is 54.8 Å². The number of nitrogens with one attached hydrogen (secondary N) is 6. The van der Waals surface area contributed by atoms with Crippen LogP contribution in [0, 0.1) is 5.92 Å². The molecule has 0 aromatic carbocycles. The van der Waals surface area contributed by atoms with Gasteiger partial charge in [0.05, 0.1) is 25.2 Å². The smallest absolute Gasteiger partial charge is 0.305 e. The number of aliphatic imine (C=N–C) groups is 1. The fourth-order valence-electron chi connectivity index (χ4n) is 4.58. The molecule has 0 radical (unpaired) electrons. The highest BCUT2D eigenvalue weighted by Crippen LogP contribution is 2.23. The lowest BCUT2D eigenvalue weighted by Crippen LogP contribution is -2.62. The Bertz CT molecular complexity index is 1350. The normalized spacial score (nSPS) is 26.8. The summed E-state index contributed by atoms with van der Waals surface area (Å²) >= 11 is 0. The van der Waals surface area contributed by atoms with Crippen LogP contribution in [-0.4, -0.2) is 142 Å². The molecule has 300 valence electrons. The Labute approximate surface area is 313 Å². The lowest BCUT2D eigenvalue weighted by molar-refractivity contribution is -0.142. The van der Waals surface area contributed by atoms with Crippen LogP contribution in [0.5, 0.6) is 0 Å². The molecular weight excluding hydrogens is 743 g/mol. The highest BCUT2D eigenvalue weighted by molar-refractivity contribution is 8.76. The molecule has 1 saturated heterocycles. The van der Waals surface area contributed by atoms with Crippen LogP contribution in [-0.2, 0) is 38.4 Å². The maximum atomic E-state index is 13.4. The number of carboxylic acids is 1. The van der Waals surface area contributed by atoms with E-state index >= 15 is 0 Å². The highest BCUT2D eigenvalue weighted by atomic mass is 33.1. The molecule has 8 atom stereocenters. The molecule has 0 aromatic rings. The molecule has 0 bridgehead atoms. The first-order valence-corrected chi connectivity index (χ1v) is 18.9. The molecule has 7 amide bonds. The largest absolute Gasteiger partial charge is 0.481 e. The van der Waals surface area contributed by atoms with Crippen LogP contribution in [0.2, 0.25) is 0 Å². The Morgan fingerprint density at radius 2 is 1.30 bits per heavy atom. The van der Waals surface area contributed by atoms with E-state index in [4.69, 9.17) is 22.9 Å². The SMILES string of the molecule is CC(C)C[C@H]1NC(=O)[C@H]([C@H](C)O)NC(=O)[C@@H](CC(=O)O)NC(=O)[C@@H](CO)NC(=O)[C@@H](CCCN=C(N)N)NC(=O)[C@H](N)CSSC[C@H](C(N)=O)NC1=O. The number of hydrogen-bond acceptors (Lipinski definition) is 14. The standard InChI is InChI=1S/C29H51N11O11S2/c1-12(2)7-16-25(48)39-19(22(31)45)11-53-52-10-14(30)23(46)35-15(5-4-6-34-29(32)33)24(47)38-18(9-41)27(50)36-17(8-20(43)44)26(49)40-21(13(3)42)28(51)37-16/h12-19,21,41-42H,4-11,30H2,1-3H3,(H2,31,45)(H,35,46)(H,36,50)(H,37,51)(H,38,47)(H,39,48)(H,40,49)(H,43,44)(H4,32,33,34)/t13-,14+,15+,16+,17+,18+,19+,21-/m0/s1. The van der Waals surface area contributed by atoms with Crippen molar-refractivity contribution in [1.82, 2.24) is 31.9 Å². The molecule has 0 aromatic heterocycles. The summed E-state index contributed by atoms with van der Waals surface area (Å²) in [5.74, 6) is -9.13. The molecule has 0 aliphatic carbocycles. The van der Waals surface area contributed by atoms with E-state index in [-0.39, 0.29) is 49.2 Å². The van der Waals surface area contributed by atoms with Crippen LogP contribution in [0.4, 0.5) is 0 Å². The molecule has 17 N–H and O–H groups in total. The molecule has 1 fully saturated rings. The van der Waals surface area contributed by atoms with E-state index in [9.17, 15) is 53.7 Å². The van der Waals surface area contributed by atoms with Crippen molar-refractivity contribution < 1.29 is 53.7 Å². The Morgan fingerprint density at radius 3 is 1.85 bits per heavy atom. The summed E-state index contributed by atoms with van der Waals surface area (Å²) in [4.78, 5) is 107. The first kappa shape index (κ1) is 46.6. The number of nitrogens with two attached hydrogens (primary N) is 4. The van der Waals surface area contributed by atoms with Gasteiger partial charge in [0.2, 0.25) is 41.4 Å². The number of carbonyl (C=O) groups is 8. The number of carboxylic acid groups (broad SMARTS) is 1. The number of aliphatic hydroxyl groups excluding tert-OH is 2. The number of primary amides is 1. The lowest BCUT2D eigenvalue weighted by atomic mass is 10.0. The highest BCUT2D eigenvalue weighted by Gasteiger charge is 2.36. The van der Waals surface area contributed by atoms with Crippen LogP contribution >= 0.6 is 21.6 Å². The topological polar surface area (TPSA) is 386 Å². The van der Waals surface area contributed by atoms with E-state index in [2.05, 4.69) is 36.9 Å². The minimum atomic E-state index is -1.91. The molecule has 1 aliphatic heterocycles. The summed E-state index contributed by atoms with van der Waals surface area (Å²) in [7, 11) is 2.10. The first-order valence-electron chi connectivity index (χ1n) is 16.4. The van der Waals surface area contributed by atoms with Crippen molar-refractivity contribution in [3.8, 4) is 0 Å². The lowest BCUT2D eigenvalue weighted by Gasteiger charge is -2.28. The molecular formula is C29H51N11O11S2. The average Bonchev–Trinajstić information content (AvgIpc) is 3.06. The van der Waals surface area contributed by atoms with Gasteiger partial charge in [-0.3, -0.25) is 43.3 Å².